The highest BCUT2D eigenvalue weighted by atomic mass is 32.2. The van der Waals surface area contributed by atoms with Crippen molar-refractivity contribution in [3.8, 4) is 0 Å². The van der Waals surface area contributed by atoms with Crippen LogP contribution in [-0.4, -0.2) is 32.4 Å². The van der Waals surface area contributed by atoms with Crippen LogP contribution >= 0.6 is 11.8 Å². The fraction of sp³-hybridized carbons (Fsp3) is 0.350. The first-order valence-electron chi connectivity index (χ1n) is 8.74. The maximum Gasteiger partial charge on any atom is 0.248 e. The smallest absolute Gasteiger partial charge is 0.248 e. The Labute approximate surface area is 166 Å². The normalized spacial score (nSPS) is 12.5. The molecule has 27 heavy (non-hydrogen) atoms. The molecule has 1 atom stereocenters. The number of nitrogens with one attached hydrogen (secondary N) is 1. The molecule has 0 saturated carbocycles. The number of carbonyl (C=O) groups is 1. The van der Waals surface area contributed by atoms with Crippen molar-refractivity contribution in [2.75, 3.05) is 21.6 Å². The number of para-hydroxylation sites is 1. The molecule has 7 heteroatoms. The fourth-order valence-electron chi connectivity index (χ4n) is 2.83. The number of anilines is 2. The zero-order valence-corrected chi connectivity index (χ0v) is 17.9. The summed E-state index contributed by atoms with van der Waals surface area (Å²) in [4.78, 5) is 13.9. The summed E-state index contributed by atoms with van der Waals surface area (Å²) in [6.07, 6.45) is 1.12. The van der Waals surface area contributed by atoms with E-state index in [9.17, 15) is 13.2 Å². The molecular formula is C20H26N2O3S2. The summed E-state index contributed by atoms with van der Waals surface area (Å²) in [5.74, 6) is 0.505. The molecule has 2 rings (SSSR count). The number of amides is 1. The van der Waals surface area contributed by atoms with Crippen molar-refractivity contribution in [3.63, 3.8) is 0 Å². The maximum atomic E-state index is 12.9. The van der Waals surface area contributed by atoms with Crippen LogP contribution < -0.4 is 9.62 Å². The molecule has 0 fully saturated rings. The van der Waals surface area contributed by atoms with E-state index < -0.39 is 16.1 Å². The van der Waals surface area contributed by atoms with Crippen molar-refractivity contribution in [2.24, 2.45) is 0 Å². The fourth-order valence-corrected chi connectivity index (χ4v) is 4.81. The third-order valence-electron chi connectivity index (χ3n) is 4.14. The van der Waals surface area contributed by atoms with Crippen LogP contribution in [0.15, 0.2) is 47.4 Å². The molecule has 0 aromatic heterocycles. The second kappa shape index (κ2) is 8.80. The zero-order chi connectivity index (χ0) is 20.2. The lowest BCUT2D eigenvalue weighted by Crippen LogP contribution is -2.45. The van der Waals surface area contributed by atoms with Gasteiger partial charge >= 0.3 is 0 Å². The quantitative estimate of drug-likeness (QED) is 0.700. The topological polar surface area (TPSA) is 66.5 Å². The molecule has 1 amide bonds. The Hall–Kier alpha value is -1.99. The van der Waals surface area contributed by atoms with Crippen molar-refractivity contribution < 1.29 is 13.2 Å². The lowest BCUT2D eigenvalue weighted by Gasteiger charge is -2.30. The Morgan fingerprint density at radius 3 is 2.48 bits per heavy atom. The lowest BCUT2D eigenvalue weighted by atomic mass is 10.1. The van der Waals surface area contributed by atoms with E-state index in [2.05, 4.69) is 5.32 Å². The third-order valence-corrected chi connectivity index (χ3v) is 6.32. The molecule has 1 unspecified atom stereocenters. The summed E-state index contributed by atoms with van der Waals surface area (Å²) in [6.45, 7) is 7.38. The standard InChI is InChI=1S/C20H26N2O3S2/c1-6-26-19-10-8-7-9-17(19)21-20(23)16(4)22(27(5,24)25)18-13-14(2)11-12-15(18)3/h7-13,16H,6H2,1-5H3,(H,21,23). The van der Waals surface area contributed by atoms with Crippen molar-refractivity contribution >= 4 is 39.1 Å². The van der Waals surface area contributed by atoms with Crippen LogP contribution in [0.1, 0.15) is 25.0 Å². The van der Waals surface area contributed by atoms with E-state index in [0.717, 1.165) is 28.0 Å². The number of benzene rings is 2. The molecule has 2 aromatic rings. The molecule has 0 radical (unpaired) electrons. The van der Waals surface area contributed by atoms with Crippen molar-refractivity contribution in [1.82, 2.24) is 0 Å². The zero-order valence-electron chi connectivity index (χ0n) is 16.3. The molecule has 0 heterocycles. The average molecular weight is 407 g/mol. The van der Waals surface area contributed by atoms with E-state index >= 15 is 0 Å². The van der Waals surface area contributed by atoms with Gasteiger partial charge in [0.15, 0.2) is 0 Å². The van der Waals surface area contributed by atoms with Gasteiger partial charge in [-0.2, -0.15) is 0 Å². The predicted octanol–water partition coefficient (Wildman–Crippen LogP) is 4.21. The van der Waals surface area contributed by atoms with Gasteiger partial charge in [0, 0.05) is 4.90 Å². The van der Waals surface area contributed by atoms with Crippen LogP contribution in [-0.2, 0) is 14.8 Å². The number of hydrogen-bond donors (Lipinski definition) is 1. The summed E-state index contributed by atoms with van der Waals surface area (Å²) in [5.41, 5.74) is 2.95. The van der Waals surface area contributed by atoms with Crippen LogP contribution in [0, 0.1) is 13.8 Å². The highest BCUT2D eigenvalue weighted by molar-refractivity contribution is 7.99. The molecule has 0 bridgehead atoms. The van der Waals surface area contributed by atoms with Crippen LogP contribution in [0.2, 0.25) is 0 Å². The number of hydrogen-bond acceptors (Lipinski definition) is 4. The maximum absolute atomic E-state index is 12.9. The van der Waals surface area contributed by atoms with Gasteiger partial charge in [0.05, 0.1) is 17.6 Å². The van der Waals surface area contributed by atoms with Gasteiger partial charge in [-0.25, -0.2) is 8.42 Å². The first kappa shape index (κ1) is 21.3. The molecular weight excluding hydrogens is 380 g/mol. The van der Waals surface area contributed by atoms with Crippen LogP contribution in [0.3, 0.4) is 0 Å². The van der Waals surface area contributed by atoms with Crippen LogP contribution in [0.5, 0.6) is 0 Å². The second-order valence-electron chi connectivity index (χ2n) is 6.44. The van der Waals surface area contributed by atoms with Gasteiger partial charge in [-0.15, -0.1) is 11.8 Å². The van der Waals surface area contributed by atoms with Gasteiger partial charge in [-0.1, -0.05) is 31.2 Å². The van der Waals surface area contributed by atoms with Gasteiger partial charge in [-0.05, 0) is 55.9 Å². The van der Waals surface area contributed by atoms with E-state index in [1.807, 2.05) is 57.2 Å². The third kappa shape index (κ3) is 5.26. The molecule has 1 N–H and O–H groups in total. The molecule has 146 valence electrons. The number of aryl methyl sites for hydroxylation is 2. The second-order valence-corrected chi connectivity index (χ2v) is 9.61. The monoisotopic (exact) mass is 406 g/mol. The van der Waals surface area contributed by atoms with E-state index in [1.54, 1.807) is 24.8 Å². The Morgan fingerprint density at radius 1 is 1.19 bits per heavy atom. The predicted molar refractivity (Wildman–Crippen MR) is 114 cm³/mol. The molecule has 0 aliphatic carbocycles. The lowest BCUT2D eigenvalue weighted by molar-refractivity contribution is -0.116. The number of rotatable bonds is 7. The van der Waals surface area contributed by atoms with Crippen molar-refractivity contribution in [1.29, 1.82) is 0 Å². The first-order valence-corrected chi connectivity index (χ1v) is 11.6. The Balaban J connectivity index is 2.38. The first-order chi connectivity index (χ1) is 12.6. The minimum Gasteiger partial charge on any atom is -0.323 e. The minimum atomic E-state index is -3.65. The summed E-state index contributed by atoms with van der Waals surface area (Å²) < 4.78 is 26.2. The van der Waals surface area contributed by atoms with E-state index in [-0.39, 0.29) is 5.91 Å². The van der Waals surface area contributed by atoms with Gasteiger partial charge < -0.3 is 5.32 Å². The number of sulfonamides is 1. The largest absolute Gasteiger partial charge is 0.323 e. The summed E-state index contributed by atoms with van der Waals surface area (Å²) in [5, 5.41) is 2.89. The number of carbonyl (C=O) groups excluding carboxylic acids is 1. The van der Waals surface area contributed by atoms with E-state index in [0.29, 0.717) is 11.4 Å². The van der Waals surface area contributed by atoms with Gasteiger partial charge in [0.2, 0.25) is 15.9 Å². The summed E-state index contributed by atoms with van der Waals surface area (Å²) in [6, 6.07) is 12.2. The molecule has 2 aromatic carbocycles. The van der Waals surface area contributed by atoms with E-state index in [1.165, 1.54) is 4.31 Å². The number of thioether (sulfide) groups is 1. The number of nitrogens with zero attached hydrogens (tertiary/aromatic N) is 1. The van der Waals surface area contributed by atoms with Gasteiger partial charge in [0.1, 0.15) is 6.04 Å². The molecule has 5 nitrogen and oxygen atoms in total. The molecule has 0 aliphatic heterocycles. The highest BCUT2D eigenvalue weighted by Crippen LogP contribution is 2.29. The molecule has 0 saturated heterocycles. The Kier molecular flexibility index (Phi) is 6.95. The molecule has 0 aliphatic rings. The van der Waals surface area contributed by atoms with Gasteiger partial charge in [0.25, 0.3) is 0 Å². The van der Waals surface area contributed by atoms with Crippen molar-refractivity contribution in [3.05, 3.63) is 53.6 Å². The minimum absolute atomic E-state index is 0.370. The SMILES string of the molecule is CCSc1ccccc1NC(=O)C(C)N(c1cc(C)ccc1C)S(C)(=O)=O. The molecule has 0 spiro atoms. The van der Waals surface area contributed by atoms with Gasteiger partial charge in [-0.3, -0.25) is 9.10 Å². The van der Waals surface area contributed by atoms with Crippen LogP contribution in [0.25, 0.3) is 0 Å². The summed E-state index contributed by atoms with van der Waals surface area (Å²) in [7, 11) is -3.65. The van der Waals surface area contributed by atoms with Crippen molar-refractivity contribution in [2.45, 2.75) is 38.6 Å². The average Bonchev–Trinajstić information content (AvgIpc) is 2.58. The Morgan fingerprint density at radius 2 is 1.85 bits per heavy atom. The highest BCUT2D eigenvalue weighted by Gasteiger charge is 2.30. The Bertz CT molecular complexity index is 927. The van der Waals surface area contributed by atoms with Crippen LogP contribution in [0.4, 0.5) is 11.4 Å². The summed E-state index contributed by atoms with van der Waals surface area (Å²) >= 11 is 1.62. The van der Waals surface area contributed by atoms with E-state index in [4.69, 9.17) is 0 Å².